The number of nitrogens with zero attached hydrogens (tertiary/aromatic N) is 4. The Morgan fingerprint density at radius 2 is 2.12 bits per heavy atom. The fourth-order valence-electron chi connectivity index (χ4n) is 2.63. The highest BCUT2D eigenvalue weighted by Crippen LogP contribution is 2.25. The first-order valence-corrected chi connectivity index (χ1v) is 8.07. The minimum Gasteiger partial charge on any atom is -0.396 e. The lowest BCUT2D eigenvalue weighted by atomic mass is 10.1. The number of amides is 1. The zero-order valence-corrected chi connectivity index (χ0v) is 14.1. The lowest BCUT2D eigenvalue weighted by Crippen LogP contribution is -2.50. The smallest absolute Gasteiger partial charge is 0.396 e. The van der Waals surface area contributed by atoms with E-state index in [2.05, 4.69) is 20.4 Å². The van der Waals surface area contributed by atoms with Gasteiger partial charge in [-0.2, -0.15) is 13.2 Å². The first-order chi connectivity index (χ1) is 12.3. The van der Waals surface area contributed by atoms with Crippen LogP contribution in [0.5, 0.6) is 0 Å². The number of hydrogen-bond acceptors (Lipinski definition) is 7. The number of aryl methyl sites for hydroxylation is 1. The predicted molar refractivity (Wildman–Crippen MR) is 80.9 cm³/mol. The van der Waals surface area contributed by atoms with Crippen LogP contribution >= 0.6 is 0 Å². The molecule has 0 aromatic carbocycles. The van der Waals surface area contributed by atoms with Crippen LogP contribution in [0.4, 0.5) is 18.0 Å². The van der Waals surface area contributed by atoms with Gasteiger partial charge in [-0.1, -0.05) is 5.21 Å². The highest BCUT2D eigenvalue weighted by Gasteiger charge is 2.44. The third-order valence-electron chi connectivity index (χ3n) is 4.00. The normalized spacial score (nSPS) is 18.0. The van der Waals surface area contributed by atoms with Gasteiger partial charge in [0.2, 0.25) is 0 Å². The molecule has 146 valence electrons. The number of halogens is 3. The van der Waals surface area contributed by atoms with Crippen molar-refractivity contribution in [2.24, 2.45) is 0 Å². The van der Waals surface area contributed by atoms with E-state index in [9.17, 15) is 22.8 Å². The largest absolute Gasteiger partial charge is 0.491 e. The van der Waals surface area contributed by atoms with E-state index in [0.29, 0.717) is 37.3 Å². The standard InChI is InChI=1S/C14H20F3N5O4/c1-9-11(19-20-22(9)5-2-3-7-23)10-8-18-4-6-21(10)13(25)26-12(24)14(15,16)17/h10,18,23H,2-8H2,1H3. The van der Waals surface area contributed by atoms with Crippen LogP contribution in [0.3, 0.4) is 0 Å². The fourth-order valence-corrected chi connectivity index (χ4v) is 2.63. The second-order valence-electron chi connectivity index (χ2n) is 5.78. The van der Waals surface area contributed by atoms with Crippen molar-refractivity contribution in [3.8, 4) is 0 Å². The number of hydrogen-bond donors (Lipinski definition) is 2. The van der Waals surface area contributed by atoms with E-state index in [-0.39, 0.29) is 19.7 Å². The van der Waals surface area contributed by atoms with Crippen LogP contribution < -0.4 is 5.32 Å². The quantitative estimate of drug-likeness (QED) is 0.436. The van der Waals surface area contributed by atoms with Crippen LogP contribution in [0.2, 0.25) is 0 Å². The highest BCUT2D eigenvalue weighted by atomic mass is 19.4. The minimum absolute atomic E-state index is 0.0556. The van der Waals surface area contributed by atoms with E-state index < -0.39 is 24.3 Å². The molecule has 2 N–H and O–H groups in total. The molecule has 2 heterocycles. The Labute approximate surface area is 147 Å². The summed E-state index contributed by atoms with van der Waals surface area (Å²) in [6.07, 6.45) is -5.34. The Balaban J connectivity index is 2.13. The van der Waals surface area contributed by atoms with E-state index in [0.717, 1.165) is 4.90 Å². The molecular weight excluding hydrogens is 359 g/mol. The van der Waals surface area contributed by atoms with E-state index in [1.165, 1.54) is 0 Å². The molecule has 26 heavy (non-hydrogen) atoms. The molecule has 1 aromatic rings. The lowest BCUT2D eigenvalue weighted by Gasteiger charge is -2.34. The molecule has 1 fully saturated rings. The van der Waals surface area contributed by atoms with Gasteiger partial charge in [-0.05, 0) is 19.8 Å². The number of carbonyl (C=O) groups is 2. The van der Waals surface area contributed by atoms with Gasteiger partial charge in [0.25, 0.3) is 0 Å². The van der Waals surface area contributed by atoms with Crippen molar-refractivity contribution in [3.05, 3.63) is 11.4 Å². The molecular formula is C14H20F3N5O4. The predicted octanol–water partition coefficient (Wildman–Crippen LogP) is 0.531. The first-order valence-electron chi connectivity index (χ1n) is 8.07. The molecule has 1 unspecified atom stereocenters. The first kappa shape index (κ1) is 20.1. The maximum absolute atomic E-state index is 12.3. The van der Waals surface area contributed by atoms with E-state index in [4.69, 9.17) is 5.11 Å². The van der Waals surface area contributed by atoms with Crippen molar-refractivity contribution in [3.63, 3.8) is 0 Å². The van der Waals surface area contributed by atoms with Crippen molar-refractivity contribution in [1.82, 2.24) is 25.2 Å². The van der Waals surface area contributed by atoms with Gasteiger partial charge in [-0.15, -0.1) is 5.10 Å². The Morgan fingerprint density at radius 1 is 1.38 bits per heavy atom. The number of carbonyl (C=O) groups excluding carboxylic acids is 2. The molecule has 1 atom stereocenters. The van der Waals surface area contributed by atoms with Crippen molar-refractivity contribution in [2.45, 2.75) is 38.5 Å². The number of ether oxygens (including phenoxy) is 1. The van der Waals surface area contributed by atoms with Gasteiger partial charge in [-0.25, -0.2) is 14.3 Å². The molecule has 0 radical (unpaired) electrons. The van der Waals surface area contributed by atoms with Crippen LogP contribution in [-0.2, 0) is 16.1 Å². The second-order valence-corrected chi connectivity index (χ2v) is 5.78. The Bertz CT molecular complexity index is 649. The lowest BCUT2D eigenvalue weighted by molar-refractivity contribution is -0.194. The van der Waals surface area contributed by atoms with Crippen LogP contribution in [0, 0.1) is 6.92 Å². The average Bonchev–Trinajstić information content (AvgIpc) is 2.95. The Morgan fingerprint density at radius 3 is 2.77 bits per heavy atom. The topological polar surface area (TPSA) is 110 Å². The van der Waals surface area contributed by atoms with Crippen LogP contribution in [0.15, 0.2) is 0 Å². The molecule has 1 aromatic heterocycles. The summed E-state index contributed by atoms with van der Waals surface area (Å²) >= 11 is 0. The number of unbranched alkanes of at least 4 members (excludes halogenated alkanes) is 1. The van der Waals surface area contributed by atoms with E-state index in [1.807, 2.05) is 0 Å². The molecule has 9 nitrogen and oxygen atoms in total. The third kappa shape index (κ3) is 4.69. The zero-order valence-electron chi connectivity index (χ0n) is 14.1. The minimum atomic E-state index is -5.25. The highest BCUT2D eigenvalue weighted by molar-refractivity contribution is 5.87. The summed E-state index contributed by atoms with van der Waals surface area (Å²) in [5.41, 5.74) is 1.06. The van der Waals surface area contributed by atoms with Crippen molar-refractivity contribution < 1.29 is 32.6 Å². The summed E-state index contributed by atoms with van der Waals surface area (Å²) in [6, 6.07) is -0.705. The van der Waals surface area contributed by atoms with Crippen molar-refractivity contribution in [1.29, 1.82) is 0 Å². The number of aliphatic hydroxyl groups is 1. The van der Waals surface area contributed by atoms with Gasteiger partial charge in [-0.3, -0.25) is 4.90 Å². The molecule has 0 bridgehead atoms. The fraction of sp³-hybridized carbons (Fsp3) is 0.714. The number of piperazine rings is 1. The number of rotatable bonds is 5. The molecule has 1 amide bonds. The Kier molecular flexibility index (Phi) is 6.53. The number of esters is 1. The van der Waals surface area contributed by atoms with Gasteiger partial charge in [0, 0.05) is 32.8 Å². The van der Waals surface area contributed by atoms with Crippen LogP contribution in [0.25, 0.3) is 0 Å². The molecule has 0 aliphatic carbocycles. The van der Waals surface area contributed by atoms with Gasteiger partial charge in [0.05, 0.1) is 11.7 Å². The molecule has 1 aliphatic rings. The molecule has 0 spiro atoms. The monoisotopic (exact) mass is 379 g/mol. The van der Waals surface area contributed by atoms with Gasteiger partial charge in [0.1, 0.15) is 5.69 Å². The molecule has 12 heteroatoms. The number of nitrogens with one attached hydrogen (secondary N) is 1. The molecule has 0 saturated carbocycles. The van der Waals surface area contributed by atoms with Gasteiger partial charge in [0.15, 0.2) is 0 Å². The van der Waals surface area contributed by atoms with Gasteiger partial charge >= 0.3 is 18.2 Å². The maximum Gasteiger partial charge on any atom is 0.491 e. The SMILES string of the molecule is Cc1c(C2CNCCN2C(=O)OC(=O)C(F)(F)F)nnn1CCCCO. The van der Waals surface area contributed by atoms with Crippen molar-refractivity contribution in [2.75, 3.05) is 26.2 Å². The average molecular weight is 379 g/mol. The Hall–Kier alpha value is -2.21. The zero-order chi connectivity index (χ0) is 19.3. The maximum atomic E-state index is 12.3. The molecule has 2 rings (SSSR count). The van der Waals surface area contributed by atoms with Crippen LogP contribution in [-0.4, -0.2) is 69.5 Å². The summed E-state index contributed by atoms with van der Waals surface area (Å²) in [6.45, 7) is 2.94. The number of alkyl halides is 3. The second kappa shape index (κ2) is 8.45. The number of aromatic nitrogens is 3. The summed E-state index contributed by atoms with van der Waals surface area (Å²) in [5, 5.41) is 19.9. The van der Waals surface area contributed by atoms with E-state index in [1.54, 1.807) is 11.6 Å². The summed E-state index contributed by atoms with van der Waals surface area (Å²) in [7, 11) is 0. The van der Waals surface area contributed by atoms with Crippen molar-refractivity contribution >= 4 is 12.1 Å². The summed E-state index contributed by atoms with van der Waals surface area (Å²) in [5.74, 6) is -2.55. The van der Waals surface area contributed by atoms with Gasteiger partial charge < -0.3 is 15.2 Å². The van der Waals surface area contributed by atoms with Crippen LogP contribution in [0.1, 0.15) is 30.3 Å². The molecule has 1 aliphatic heterocycles. The number of aliphatic hydroxyl groups excluding tert-OH is 1. The summed E-state index contributed by atoms with van der Waals surface area (Å²) in [4.78, 5) is 24.0. The molecule has 1 saturated heterocycles. The van der Waals surface area contributed by atoms with E-state index >= 15 is 0 Å². The summed E-state index contributed by atoms with van der Waals surface area (Å²) < 4.78 is 42.5. The third-order valence-corrected chi connectivity index (χ3v) is 4.00.